The maximum atomic E-state index is 10.9. The molecule has 7 heteroatoms. The molecule has 11 aromatic rings. The van der Waals surface area contributed by atoms with E-state index in [4.69, 9.17) is 19.9 Å². The molecule has 0 aliphatic rings. The monoisotopic (exact) mass is 829 g/mol. The summed E-state index contributed by atoms with van der Waals surface area (Å²) in [5.41, 5.74) is 13.5. The topological polar surface area (TPSA) is 104 Å². The first-order valence-corrected chi connectivity index (χ1v) is 21.2. The predicted octanol–water partition coefficient (Wildman–Crippen LogP) is 13.8. The second-order valence-electron chi connectivity index (χ2n) is 15.7. The molecular formula is C58H35N7. The van der Waals surface area contributed by atoms with E-state index in [9.17, 15) is 10.5 Å². The number of fused-ring (bicyclic) bond motifs is 3. The first-order chi connectivity index (χ1) is 32.1. The molecule has 0 spiro atoms. The normalized spacial score (nSPS) is 11.0. The number of nitrogens with zero attached hydrogens (tertiary/aromatic N) is 7. The minimum atomic E-state index is 0.407. The molecule has 0 unspecified atom stereocenters. The maximum Gasteiger partial charge on any atom is 0.162 e. The first-order valence-electron chi connectivity index (χ1n) is 21.2. The Kier molecular flexibility index (Phi) is 9.82. The molecular weight excluding hydrogens is 795 g/mol. The molecule has 0 radical (unpaired) electrons. The SMILES string of the molecule is N#Cc1cccc(-c2ccc3c(c2)c2ccccc2n3-c2c(-c3nc(-c4ccccc4)cc(-c4ccccc4)n3)cc(C#N)cc2-c2nc(-c3ccccc3)cc(-c3ccccc3)n2)c1. The van der Waals surface area contributed by atoms with Crippen LogP contribution in [0.2, 0.25) is 0 Å². The minimum absolute atomic E-state index is 0.407. The lowest BCUT2D eigenvalue weighted by atomic mass is 9.99. The van der Waals surface area contributed by atoms with Gasteiger partial charge in [-0.3, -0.25) is 0 Å². The molecule has 0 atom stereocenters. The van der Waals surface area contributed by atoms with Crippen LogP contribution in [0.5, 0.6) is 0 Å². The molecule has 0 aliphatic carbocycles. The van der Waals surface area contributed by atoms with Crippen molar-refractivity contribution in [2.24, 2.45) is 0 Å². The third-order valence-electron chi connectivity index (χ3n) is 11.7. The molecule has 8 aromatic carbocycles. The van der Waals surface area contributed by atoms with Gasteiger partial charge >= 0.3 is 0 Å². The summed E-state index contributed by atoms with van der Waals surface area (Å²) in [6, 6.07) is 75.4. The summed E-state index contributed by atoms with van der Waals surface area (Å²) in [6.07, 6.45) is 0. The lowest BCUT2D eigenvalue weighted by Crippen LogP contribution is -2.06. The van der Waals surface area contributed by atoms with Gasteiger partial charge in [-0.2, -0.15) is 10.5 Å². The summed E-state index contributed by atoms with van der Waals surface area (Å²) in [5.74, 6) is 0.883. The van der Waals surface area contributed by atoms with Gasteiger partial charge in [0.1, 0.15) is 0 Å². The summed E-state index contributed by atoms with van der Waals surface area (Å²) in [5, 5.41) is 22.7. The Morgan fingerprint density at radius 1 is 0.323 bits per heavy atom. The van der Waals surface area contributed by atoms with Crippen LogP contribution in [0.4, 0.5) is 0 Å². The highest BCUT2D eigenvalue weighted by molar-refractivity contribution is 6.11. The number of benzene rings is 8. The van der Waals surface area contributed by atoms with Crippen LogP contribution in [0, 0.1) is 22.7 Å². The van der Waals surface area contributed by atoms with Gasteiger partial charge in [0.25, 0.3) is 0 Å². The minimum Gasteiger partial charge on any atom is -0.308 e. The zero-order valence-corrected chi connectivity index (χ0v) is 34.8. The van der Waals surface area contributed by atoms with Crippen molar-refractivity contribution in [1.82, 2.24) is 24.5 Å². The highest BCUT2D eigenvalue weighted by Crippen LogP contribution is 2.43. The van der Waals surface area contributed by atoms with Gasteiger partial charge in [-0.15, -0.1) is 0 Å². The number of aromatic nitrogens is 5. The van der Waals surface area contributed by atoms with Crippen molar-refractivity contribution < 1.29 is 0 Å². The Morgan fingerprint density at radius 2 is 0.738 bits per heavy atom. The number of hydrogen-bond acceptors (Lipinski definition) is 6. The molecule has 0 saturated carbocycles. The van der Waals surface area contributed by atoms with Crippen LogP contribution < -0.4 is 0 Å². The molecule has 0 aliphatic heterocycles. The van der Waals surface area contributed by atoms with Crippen LogP contribution in [-0.2, 0) is 0 Å². The highest BCUT2D eigenvalue weighted by Gasteiger charge is 2.26. The number of nitriles is 2. The van der Waals surface area contributed by atoms with E-state index in [0.717, 1.165) is 83.6 Å². The quantitative estimate of drug-likeness (QED) is 0.151. The average molecular weight is 830 g/mol. The highest BCUT2D eigenvalue weighted by atomic mass is 15.0. The fourth-order valence-electron chi connectivity index (χ4n) is 8.61. The molecule has 0 N–H and O–H groups in total. The summed E-state index contributed by atoms with van der Waals surface area (Å²) < 4.78 is 2.24. The van der Waals surface area contributed by atoms with Crippen molar-refractivity contribution in [2.45, 2.75) is 0 Å². The maximum absolute atomic E-state index is 10.9. The largest absolute Gasteiger partial charge is 0.308 e. The van der Waals surface area contributed by atoms with Crippen molar-refractivity contribution >= 4 is 21.8 Å². The van der Waals surface area contributed by atoms with E-state index in [-0.39, 0.29) is 0 Å². The van der Waals surface area contributed by atoms with Crippen molar-refractivity contribution in [3.05, 3.63) is 223 Å². The molecule has 0 fully saturated rings. The fourth-order valence-corrected chi connectivity index (χ4v) is 8.61. The standard InChI is InChI=1S/C58H35N7/c59-36-38-16-15-25-44(30-38)45-28-29-55-47(33-45)46-26-13-14-27-54(46)65(55)56-48(57-61-50(40-17-5-1-6-18-40)34-51(62-57)41-19-7-2-8-20-41)31-39(37-60)32-49(56)58-63-52(42-21-9-3-10-22-42)35-53(64-58)43-23-11-4-12-24-43/h1-35H. The van der Waals surface area contributed by atoms with Gasteiger partial charge in [0, 0.05) is 44.2 Å². The van der Waals surface area contributed by atoms with Crippen LogP contribution in [0.15, 0.2) is 212 Å². The third-order valence-corrected chi connectivity index (χ3v) is 11.7. The molecule has 0 bridgehead atoms. The van der Waals surface area contributed by atoms with Crippen LogP contribution in [0.3, 0.4) is 0 Å². The van der Waals surface area contributed by atoms with E-state index < -0.39 is 0 Å². The molecule has 3 heterocycles. The van der Waals surface area contributed by atoms with Gasteiger partial charge in [-0.1, -0.05) is 158 Å². The summed E-state index contributed by atoms with van der Waals surface area (Å²) >= 11 is 0. The predicted molar refractivity (Wildman–Crippen MR) is 259 cm³/mol. The summed E-state index contributed by atoms with van der Waals surface area (Å²) in [7, 11) is 0. The second kappa shape index (κ2) is 16.5. The lowest BCUT2D eigenvalue weighted by Gasteiger charge is -2.20. The van der Waals surface area contributed by atoms with Crippen LogP contribution >= 0.6 is 0 Å². The van der Waals surface area contributed by atoms with E-state index in [1.54, 1.807) is 0 Å². The zero-order valence-electron chi connectivity index (χ0n) is 34.8. The molecule has 302 valence electrons. The Morgan fingerprint density at radius 3 is 1.22 bits per heavy atom. The second-order valence-corrected chi connectivity index (χ2v) is 15.7. The lowest BCUT2D eigenvalue weighted by molar-refractivity contribution is 1.12. The number of para-hydroxylation sites is 1. The molecule has 11 rings (SSSR count). The fraction of sp³-hybridized carbons (Fsp3) is 0. The van der Waals surface area contributed by atoms with Gasteiger partial charge in [0.2, 0.25) is 0 Å². The van der Waals surface area contributed by atoms with Gasteiger partial charge in [-0.25, -0.2) is 19.9 Å². The Balaban J connectivity index is 1.28. The molecule has 0 amide bonds. The number of hydrogen-bond donors (Lipinski definition) is 0. The van der Waals surface area contributed by atoms with Gasteiger partial charge in [-0.05, 0) is 65.7 Å². The van der Waals surface area contributed by atoms with E-state index in [1.165, 1.54) is 0 Å². The average Bonchev–Trinajstić information content (AvgIpc) is 3.72. The van der Waals surface area contributed by atoms with Gasteiger partial charge in [0.15, 0.2) is 11.6 Å². The van der Waals surface area contributed by atoms with Crippen LogP contribution in [-0.4, -0.2) is 24.5 Å². The molecule has 7 nitrogen and oxygen atoms in total. The van der Waals surface area contributed by atoms with Crippen LogP contribution in [0.1, 0.15) is 11.1 Å². The van der Waals surface area contributed by atoms with E-state index in [1.807, 2.05) is 182 Å². The Labute approximate surface area is 375 Å². The first kappa shape index (κ1) is 38.6. The van der Waals surface area contributed by atoms with E-state index in [0.29, 0.717) is 33.9 Å². The molecule has 3 aromatic heterocycles. The zero-order chi connectivity index (χ0) is 43.7. The summed E-state index contributed by atoms with van der Waals surface area (Å²) in [6.45, 7) is 0. The third kappa shape index (κ3) is 7.26. The number of rotatable bonds is 8. The van der Waals surface area contributed by atoms with E-state index in [2.05, 4.69) is 47.0 Å². The summed E-state index contributed by atoms with van der Waals surface area (Å²) in [4.78, 5) is 21.4. The van der Waals surface area contributed by atoms with Crippen molar-refractivity contribution in [3.63, 3.8) is 0 Å². The van der Waals surface area contributed by atoms with E-state index >= 15 is 0 Å². The van der Waals surface area contributed by atoms with Crippen molar-refractivity contribution in [1.29, 1.82) is 10.5 Å². The Bertz CT molecular complexity index is 3400. The van der Waals surface area contributed by atoms with Crippen molar-refractivity contribution in [3.8, 4) is 96.8 Å². The van der Waals surface area contributed by atoms with Crippen LogP contribution in [0.25, 0.3) is 106 Å². The van der Waals surface area contributed by atoms with Crippen molar-refractivity contribution in [2.75, 3.05) is 0 Å². The molecule has 65 heavy (non-hydrogen) atoms. The smallest absolute Gasteiger partial charge is 0.162 e. The van der Waals surface area contributed by atoms with Gasteiger partial charge in [0.05, 0.1) is 62.8 Å². The van der Waals surface area contributed by atoms with Gasteiger partial charge < -0.3 is 4.57 Å². The molecule has 0 saturated heterocycles. The Hall–Kier alpha value is -9.30.